The van der Waals surface area contributed by atoms with E-state index in [4.69, 9.17) is 0 Å². The number of phenolic OH excluding ortho intramolecular Hbond substituents is 2. The van der Waals surface area contributed by atoms with Crippen molar-refractivity contribution in [1.82, 2.24) is 5.32 Å². The van der Waals surface area contributed by atoms with Crippen LogP contribution in [0.2, 0.25) is 0 Å². The largest absolute Gasteiger partial charge is 0.504 e. The van der Waals surface area contributed by atoms with Crippen LogP contribution in [-0.4, -0.2) is 26.5 Å². The molecule has 0 aromatic heterocycles. The quantitative estimate of drug-likeness (QED) is 0.604. The number of hydrogen-bond acceptors (Lipinski definition) is 4. The van der Waals surface area contributed by atoms with Gasteiger partial charge in [0.25, 0.3) is 0 Å². The van der Waals surface area contributed by atoms with Crippen LogP contribution < -0.4 is 5.32 Å². The van der Waals surface area contributed by atoms with Crippen LogP contribution in [0.1, 0.15) is 33.3 Å². The molecule has 1 rings (SSSR count). The van der Waals surface area contributed by atoms with Gasteiger partial charge in [-0.05, 0) is 45.4 Å². The Kier molecular flexibility index (Phi) is 3.69. The number of phenols is 2. The minimum atomic E-state index is -0.855. The Labute approximate surface area is 102 Å². The second-order valence-electron chi connectivity index (χ2n) is 5.36. The molecule has 0 fully saturated rings. The molecule has 0 unspecified atom stereocenters. The molecule has 0 saturated carbocycles. The van der Waals surface area contributed by atoms with Gasteiger partial charge in [-0.2, -0.15) is 0 Å². The van der Waals surface area contributed by atoms with Crippen LogP contribution in [0.3, 0.4) is 0 Å². The molecule has 0 aliphatic rings. The molecule has 0 heterocycles. The van der Waals surface area contributed by atoms with Crippen molar-refractivity contribution in [2.24, 2.45) is 0 Å². The van der Waals surface area contributed by atoms with E-state index in [1.54, 1.807) is 19.9 Å². The van der Waals surface area contributed by atoms with Crippen LogP contribution in [0.4, 0.5) is 0 Å². The van der Waals surface area contributed by atoms with E-state index in [0.717, 1.165) is 5.56 Å². The second-order valence-corrected chi connectivity index (χ2v) is 5.36. The first-order chi connectivity index (χ1) is 7.63. The SMILES string of the molecule is CC(C)(O)C(C)(C)NCc1ccc(O)c(O)c1. The summed E-state index contributed by atoms with van der Waals surface area (Å²) in [4.78, 5) is 0. The molecular formula is C13H21NO3. The first-order valence-electron chi connectivity index (χ1n) is 5.62. The van der Waals surface area contributed by atoms with E-state index in [2.05, 4.69) is 5.32 Å². The summed E-state index contributed by atoms with van der Waals surface area (Å²) in [5.41, 5.74) is -0.468. The lowest BCUT2D eigenvalue weighted by atomic mass is 9.86. The molecule has 4 nitrogen and oxygen atoms in total. The number of nitrogens with one attached hydrogen (secondary N) is 1. The zero-order chi connectivity index (χ0) is 13.3. The Bertz CT molecular complexity index is 394. The van der Waals surface area contributed by atoms with Gasteiger partial charge in [0.05, 0.1) is 5.60 Å². The van der Waals surface area contributed by atoms with Crippen molar-refractivity contribution in [3.63, 3.8) is 0 Å². The van der Waals surface area contributed by atoms with Crippen LogP contribution in [0.15, 0.2) is 18.2 Å². The van der Waals surface area contributed by atoms with Crippen molar-refractivity contribution >= 4 is 0 Å². The topological polar surface area (TPSA) is 72.7 Å². The van der Waals surface area contributed by atoms with Crippen molar-refractivity contribution in [2.75, 3.05) is 0 Å². The highest BCUT2D eigenvalue weighted by Crippen LogP contribution is 2.26. The number of aromatic hydroxyl groups is 2. The van der Waals surface area contributed by atoms with Gasteiger partial charge in [0.15, 0.2) is 11.5 Å². The molecule has 0 aliphatic carbocycles. The summed E-state index contributed by atoms with van der Waals surface area (Å²) in [6.45, 7) is 7.81. The minimum absolute atomic E-state index is 0.129. The third kappa shape index (κ3) is 3.35. The molecule has 0 aliphatic heterocycles. The van der Waals surface area contributed by atoms with E-state index in [1.165, 1.54) is 12.1 Å². The number of hydrogen-bond donors (Lipinski definition) is 4. The van der Waals surface area contributed by atoms with Crippen LogP contribution in [0.5, 0.6) is 11.5 Å². The van der Waals surface area contributed by atoms with Gasteiger partial charge < -0.3 is 20.6 Å². The molecule has 0 atom stereocenters. The standard InChI is InChI=1S/C13H21NO3/c1-12(2,13(3,4)17)14-8-9-5-6-10(15)11(16)7-9/h5-7,14-17H,8H2,1-4H3. The highest BCUT2D eigenvalue weighted by molar-refractivity contribution is 5.40. The average Bonchev–Trinajstić information content (AvgIpc) is 2.18. The molecule has 17 heavy (non-hydrogen) atoms. The molecule has 0 amide bonds. The third-order valence-corrected chi connectivity index (χ3v) is 3.30. The second kappa shape index (κ2) is 4.55. The van der Waals surface area contributed by atoms with Gasteiger partial charge in [-0.1, -0.05) is 6.07 Å². The molecule has 1 aromatic rings. The Morgan fingerprint density at radius 2 is 1.65 bits per heavy atom. The van der Waals surface area contributed by atoms with Crippen molar-refractivity contribution in [1.29, 1.82) is 0 Å². The van der Waals surface area contributed by atoms with Gasteiger partial charge in [-0.3, -0.25) is 0 Å². The molecule has 96 valence electrons. The Balaban J connectivity index is 2.71. The molecule has 0 bridgehead atoms. The zero-order valence-corrected chi connectivity index (χ0v) is 10.8. The Morgan fingerprint density at radius 3 is 2.12 bits per heavy atom. The lowest BCUT2D eigenvalue weighted by Gasteiger charge is -2.38. The number of aliphatic hydroxyl groups is 1. The summed E-state index contributed by atoms with van der Waals surface area (Å²) in [5.74, 6) is -0.263. The molecule has 4 N–H and O–H groups in total. The Morgan fingerprint density at radius 1 is 1.06 bits per heavy atom. The fourth-order valence-corrected chi connectivity index (χ4v) is 1.22. The van der Waals surface area contributed by atoms with Gasteiger partial charge in [-0.15, -0.1) is 0 Å². The first-order valence-corrected chi connectivity index (χ1v) is 5.62. The van der Waals surface area contributed by atoms with E-state index >= 15 is 0 Å². The summed E-state index contributed by atoms with van der Waals surface area (Å²) in [6.07, 6.45) is 0. The first kappa shape index (κ1) is 13.8. The normalized spacial score (nSPS) is 12.8. The summed E-state index contributed by atoms with van der Waals surface area (Å²) >= 11 is 0. The Hall–Kier alpha value is -1.26. The fourth-order valence-electron chi connectivity index (χ4n) is 1.22. The fraction of sp³-hybridized carbons (Fsp3) is 0.538. The molecule has 0 radical (unpaired) electrons. The number of benzene rings is 1. The summed E-state index contributed by atoms with van der Waals surface area (Å²) < 4.78 is 0. The van der Waals surface area contributed by atoms with E-state index in [-0.39, 0.29) is 11.5 Å². The predicted molar refractivity (Wildman–Crippen MR) is 67.0 cm³/mol. The molecule has 4 heteroatoms. The highest BCUT2D eigenvalue weighted by Gasteiger charge is 2.34. The third-order valence-electron chi connectivity index (χ3n) is 3.30. The van der Waals surface area contributed by atoms with Gasteiger partial charge in [0.1, 0.15) is 0 Å². The van der Waals surface area contributed by atoms with Crippen LogP contribution in [0.25, 0.3) is 0 Å². The van der Waals surface area contributed by atoms with Gasteiger partial charge in [0, 0.05) is 12.1 Å². The molecule has 1 aromatic carbocycles. The van der Waals surface area contributed by atoms with E-state index in [0.29, 0.717) is 6.54 Å². The lowest BCUT2D eigenvalue weighted by molar-refractivity contribution is -0.00532. The number of rotatable bonds is 4. The van der Waals surface area contributed by atoms with Crippen molar-refractivity contribution < 1.29 is 15.3 Å². The van der Waals surface area contributed by atoms with E-state index < -0.39 is 11.1 Å². The minimum Gasteiger partial charge on any atom is -0.504 e. The maximum Gasteiger partial charge on any atom is 0.157 e. The maximum atomic E-state index is 9.97. The van der Waals surface area contributed by atoms with Crippen molar-refractivity contribution in [2.45, 2.75) is 45.4 Å². The molecular weight excluding hydrogens is 218 g/mol. The maximum absolute atomic E-state index is 9.97. The van der Waals surface area contributed by atoms with Gasteiger partial charge in [-0.25, -0.2) is 0 Å². The lowest BCUT2D eigenvalue weighted by Crippen LogP contribution is -2.55. The molecule has 0 spiro atoms. The van der Waals surface area contributed by atoms with Crippen molar-refractivity contribution in [3.8, 4) is 11.5 Å². The average molecular weight is 239 g/mol. The predicted octanol–water partition coefficient (Wildman–Crippen LogP) is 1.74. The van der Waals surface area contributed by atoms with Crippen LogP contribution >= 0.6 is 0 Å². The smallest absolute Gasteiger partial charge is 0.157 e. The van der Waals surface area contributed by atoms with Gasteiger partial charge in [0.2, 0.25) is 0 Å². The summed E-state index contributed by atoms with van der Waals surface area (Å²) in [5, 5.41) is 31.7. The van der Waals surface area contributed by atoms with Crippen molar-refractivity contribution in [3.05, 3.63) is 23.8 Å². The van der Waals surface area contributed by atoms with E-state index in [1.807, 2.05) is 13.8 Å². The summed E-state index contributed by atoms with van der Waals surface area (Å²) in [7, 11) is 0. The van der Waals surface area contributed by atoms with Crippen LogP contribution in [-0.2, 0) is 6.54 Å². The van der Waals surface area contributed by atoms with Crippen LogP contribution in [0, 0.1) is 0 Å². The van der Waals surface area contributed by atoms with E-state index in [9.17, 15) is 15.3 Å². The molecule has 0 saturated heterocycles. The monoisotopic (exact) mass is 239 g/mol. The highest BCUT2D eigenvalue weighted by atomic mass is 16.3. The van der Waals surface area contributed by atoms with Gasteiger partial charge >= 0.3 is 0 Å². The summed E-state index contributed by atoms with van der Waals surface area (Å²) in [6, 6.07) is 4.68. The zero-order valence-electron chi connectivity index (χ0n) is 10.8.